The monoisotopic (exact) mass is 607 g/mol. The van der Waals surface area contributed by atoms with Gasteiger partial charge in [0.1, 0.15) is 11.6 Å². The molecule has 0 saturated heterocycles. The van der Waals surface area contributed by atoms with Crippen molar-refractivity contribution in [2.24, 2.45) is 7.05 Å². The summed E-state index contributed by atoms with van der Waals surface area (Å²) in [6.07, 6.45) is 6.28. The minimum Gasteiger partial charge on any atom is -0.372 e. The topological polar surface area (TPSA) is 103 Å². The van der Waals surface area contributed by atoms with Crippen LogP contribution in [0.15, 0.2) is 72.1 Å². The number of amides is 1. The molecular formula is C28H31BrFN9O. The molecule has 0 aliphatic heterocycles. The van der Waals surface area contributed by atoms with Crippen molar-refractivity contribution in [2.75, 3.05) is 55.1 Å². The first kappa shape index (κ1) is 28.7. The number of rotatable bonds is 11. The van der Waals surface area contributed by atoms with Gasteiger partial charge in [-0.1, -0.05) is 12.6 Å². The molecule has 2 heterocycles. The highest BCUT2D eigenvalue weighted by molar-refractivity contribution is 9.10. The van der Waals surface area contributed by atoms with Gasteiger partial charge in [-0.05, 0) is 72.0 Å². The van der Waals surface area contributed by atoms with E-state index in [1.54, 1.807) is 23.3 Å². The maximum absolute atomic E-state index is 14.9. The molecule has 0 spiro atoms. The molecule has 208 valence electrons. The highest BCUT2D eigenvalue weighted by Crippen LogP contribution is 2.36. The Morgan fingerprint density at radius 2 is 1.90 bits per heavy atom. The summed E-state index contributed by atoms with van der Waals surface area (Å²) < 4.78 is 17.6. The number of aromatic nitrogens is 4. The predicted octanol–water partition coefficient (Wildman–Crippen LogP) is 5.39. The average Bonchev–Trinajstić information content (AvgIpc) is 3.33. The van der Waals surface area contributed by atoms with E-state index in [4.69, 9.17) is 0 Å². The molecule has 10 nitrogen and oxygen atoms in total. The summed E-state index contributed by atoms with van der Waals surface area (Å²) in [7, 11) is 7.91. The van der Waals surface area contributed by atoms with Crippen LogP contribution in [0.25, 0.3) is 11.1 Å². The molecule has 0 saturated carbocycles. The predicted molar refractivity (Wildman–Crippen MR) is 162 cm³/mol. The Labute approximate surface area is 241 Å². The zero-order chi connectivity index (χ0) is 28.8. The van der Waals surface area contributed by atoms with E-state index in [9.17, 15) is 9.18 Å². The number of nitrogens with zero attached hydrogens (tertiary/aromatic N) is 6. The quantitative estimate of drug-likeness (QED) is 0.195. The molecule has 40 heavy (non-hydrogen) atoms. The van der Waals surface area contributed by atoms with Gasteiger partial charge in [-0.3, -0.25) is 9.48 Å². The Morgan fingerprint density at radius 1 is 1.10 bits per heavy atom. The third kappa shape index (κ3) is 7.21. The summed E-state index contributed by atoms with van der Waals surface area (Å²) in [5, 5.41) is 13.0. The second kappa shape index (κ2) is 12.7. The maximum atomic E-state index is 14.9. The van der Waals surface area contributed by atoms with E-state index in [0.29, 0.717) is 28.7 Å². The normalized spacial score (nSPS) is 10.9. The van der Waals surface area contributed by atoms with Crippen LogP contribution in [0.2, 0.25) is 0 Å². The van der Waals surface area contributed by atoms with Crippen LogP contribution < -0.4 is 20.9 Å². The van der Waals surface area contributed by atoms with E-state index in [0.717, 1.165) is 34.9 Å². The lowest BCUT2D eigenvalue weighted by Crippen LogP contribution is -2.28. The summed E-state index contributed by atoms with van der Waals surface area (Å²) in [5.41, 5.74) is 3.73. The number of hydrogen-bond acceptors (Lipinski definition) is 8. The smallest absolute Gasteiger partial charge is 0.247 e. The Kier molecular flexibility index (Phi) is 9.12. The summed E-state index contributed by atoms with van der Waals surface area (Å²) >= 11 is 3.67. The van der Waals surface area contributed by atoms with Crippen molar-refractivity contribution in [3.8, 4) is 11.1 Å². The van der Waals surface area contributed by atoms with Crippen molar-refractivity contribution >= 4 is 56.4 Å². The van der Waals surface area contributed by atoms with Crippen molar-refractivity contribution in [1.29, 1.82) is 0 Å². The summed E-state index contributed by atoms with van der Waals surface area (Å²) in [5.74, 6) is -0.236. The lowest BCUT2D eigenvalue weighted by Gasteiger charge is -2.23. The van der Waals surface area contributed by atoms with Crippen molar-refractivity contribution in [3.05, 3.63) is 77.9 Å². The van der Waals surface area contributed by atoms with Crippen molar-refractivity contribution in [1.82, 2.24) is 24.6 Å². The summed E-state index contributed by atoms with van der Waals surface area (Å²) in [6, 6.07) is 10.2. The number of nitrogens with one attached hydrogen (secondary N) is 3. The van der Waals surface area contributed by atoms with Crippen LogP contribution in [0.4, 0.5) is 38.9 Å². The van der Waals surface area contributed by atoms with Gasteiger partial charge in [0.25, 0.3) is 0 Å². The SMILES string of the molecule is C=CC(=O)Nc1ccc(F)c(Nc2nc(Nc3cnn(C)c3)ncc2-c2ccc(Br)c(N(C)CCN(C)C)c2)c1. The minimum atomic E-state index is -0.511. The van der Waals surface area contributed by atoms with Crippen LogP contribution in [0.1, 0.15) is 0 Å². The van der Waals surface area contributed by atoms with E-state index < -0.39 is 11.7 Å². The van der Waals surface area contributed by atoms with Crippen LogP contribution in [-0.4, -0.2) is 64.8 Å². The first-order chi connectivity index (χ1) is 19.1. The maximum Gasteiger partial charge on any atom is 0.247 e. The zero-order valence-corrected chi connectivity index (χ0v) is 24.3. The number of carbonyl (C=O) groups is 1. The number of likely N-dealkylation sites (N-methyl/N-ethyl adjacent to an activating group) is 2. The van der Waals surface area contributed by atoms with Crippen molar-refractivity contribution < 1.29 is 9.18 Å². The van der Waals surface area contributed by atoms with Crippen LogP contribution in [0, 0.1) is 5.82 Å². The highest BCUT2D eigenvalue weighted by atomic mass is 79.9. The van der Waals surface area contributed by atoms with Gasteiger partial charge in [-0.2, -0.15) is 10.1 Å². The van der Waals surface area contributed by atoms with E-state index in [1.165, 1.54) is 18.2 Å². The third-order valence-corrected chi connectivity index (χ3v) is 6.64. The van der Waals surface area contributed by atoms with Crippen LogP contribution in [0.5, 0.6) is 0 Å². The van der Waals surface area contributed by atoms with Gasteiger partial charge in [0.15, 0.2) is 0 Å². The number of carbonyl (C=O) groups excluding carboxylic acids is 1. The lowest BCUT2D eigenvalue weighted by molar-refractivity contribution is -0.111. The standard InChI is InChI=1S/C28H31BrFN9O/c1-6-26(40)33-19-8-10-23(30)24(14-19)35-27-21(16-31-28(36-27)34-20-15-32-39(5)17-20)18-7-9-22(29)25(13-18)38(4)12-11-37(2)3/h6-10,13-17H,1,11-12H2,2-5H3,(H,33,40)(H2,31,34,35,36). The van der Waals surface area contributed by atoms with Crippen LogP contribution in [0.3, 0.4) is 0 Å². The first-order valence-corrected chi connectivity index (χ1v) is 13.2. The minimum absolute atomic E-state index is 0.134. The van der Waals surface area contributed by atoms with Crippen LogP contribution >= 0.6 is 15.9 Å². The van der Waals surface area contributed by atoms with Gasteiger partial charge in [0.05, 0.1) is 23.3 Å². The molecule has 0 aliphatic carbocycles. The second-order valence-electron chi connectivity index (χ2n) is 9.39. The molecule has 2 aromatic carbocycles. The Bertz CT molecular complexity index is 1520. The van der Waals surface area contributed by atoms with Crippen molar-refractivity contribution in [3.63, 3.8) is 0 Å². The molecule has 1 amide bonds. The Hall–Kier alpha value is -4.29. The molecule has 0 radical (unpaired) electrons. The number of anilines is 6. The Balaban J connectivity index is 1.75. The fourth-order valence-electron chi connectivity index (χ4n) is 3.83. The Morgan fingerprint density at radius 3 is 2.60 bits per heavy atom. The van der Waals surface area contributed by atoms with Crippen LogP contribution in [-0.2, 0) is 11.8 Å². The molecular weight excluding hydrogens is 577 g/mol. The molecule has 4 rings (SSSR count). The van der Waals surface area contributed by atoms with E-state index in [2.05, 4.69) is 63.3 Å². The number of halogens is 2. The molecule has 0 atom stereocenters. The second-order valence-corrected chi connectivity index (χ2v) is 10.2. The van der Waals surface area contributed by atoms with Gasteiger partial charge in [0, 0.05) is 55.3 Å². The first-order valence-electron chi connectivity index (χ1n) is 12.4. The van der Waals surface area contributed by atoms with E-state index in [1.807, 2.05) is 46.4 Å². The molecule has 12 heteroatoms. The highest BCUT2D eigenvalue weighted by Gasteiger charge is 2.16. The zero-order valence-electron chi connectivity index (χ0n) is 22.7. The molecule has 0 unspecified atom stereocenters. The molecule has 2 aromatic heterocycles. The van der Waals surface area contributed by atoms with Crippen molar-refractivity contribution in [2.45, 2.75) is 0 Å². The molecule has 0 aliphatic rings. The fourth-order valence-corrected chi connectivity index (χ4v) is 4.38. The van der Waals surface area contributed by atoms with Gasteiger partial charge < -0.3 is 25.8 Å². The molecule has 4 aromatic rings. The van der Waals surface area contributed by atoms with Gasteiger partial charge in [0.2, 0.25) is 11.9 Å². The number of benzene rings is 2. The van der Waals surface area contributed by atoms with E-state index in [-0.39, 0.29) is 5.69 Å². The number of hydrogen-bond donors (Lipinski definition) is 3. The van der Waals surface area contributed by atoms with E-state index >= 15 is 0 Å². The van der Waals surface area contributed by atoms with Gasteiger partial charge in [-0.15, -0.1) is 0 Å². The largest absolute Gasteiger partial charge is 0.372 e. The van der Waals surface area contributed by atoms with Gasteiger partial charge in [-0.25, -0.2) is 9.37 Å². The molecule has 0 fully saturated rings. The van der Waals surface area contributed by atoms with Gasteiger partial charge >= 0.3 is 0 Å². The molecule has 0 bridgehead atoms. The fraction of sp³-hybridized carbons (Fsp3) is 0.214. The number of aryl methyl sites for hydroxylation is 1. The summed E-state index contributed by atoms with van der Waals surface area (Å²) in [6.45, 7) is 5.16. The lowest BCUT2D eigenvalue weighted by atomic mass is 10.1. The molecule has 3 N–H and O–H groups in total. The summed E-state index contributed by atoms with van der Waals surface area (Å²) in [4.78, 5) is 25.3. The third-order valence-electron chi connectivity index (χ3n) is 5.97. The average molecular weight is 609 g/mol.